The lowest BCUT2D eigenvalue weighted by atomic mass is 10.1. The topological polar surface area (TPSA) is 70.6 Å². The SMILES string of the molecule is CC(C)Oc1cccc([C@H](C)NC(=O)NC[C@H](O)c2cccs2)c1. The summed E-state index contributed by atoms with van der Waals surface area (Å²) in [5, 5.41) is 17.4. The van der Waals surface area contributed by atoms with Gasteiger partial charge in [0, 0.05) is 4.88 Å². The molecule has 0 saturated heterocycles. The number of carbonyl (C=O) groups excluding carboxylic acids is 1. The Hall–Kier alpha value is -2.05. The second-order valence-corrected chi connectivity index (χ2v) is 6.83. The number of aliphatic hydroxyl groups is 1. The number of benzene rings is 1. The van der Waals surface area contributed by atoms with Crippen LogP contribution in [0.25, 0.3) is 0 Å². The maximum Gasteiger partial charge on any atom is 0.315 e. The van der Waals surface area contributed by atoms with Gasteiger partial charge in [-0.15, -0.1) is 11.3 Å². The lowest BCUT2D eigenvalue weighted by Crippen LogP contribution is -2.39. The highest BCUT2D eigenvalue weighted by atomic mass is 32.1. The van der Waals surface area contributed by atoms with Gasteiger partial charge in [-0.1, -0.05) is 18.2 Å². The second-order valence-electron chi connectivity index (χ2n) is 5.85. The molecule has 0 aliphatic rings. The molecular formula is C18H24N2O3S. The van der Waals surface area contributed by atoms with Crippen molar-refractivity contribution in [3.63, 3.8) is 0 Å². The molecule has 130 valence electrons. The summed E-state index contributed by atoms with van der Waals surface area (Å²) in [5.74, 6) is 0.782. The molecule has 0 aliphatic heterocycles. The summed E-state index contributed by atoms with van der Waals surface area (Å²) < 4.78 is 5.67. The molecule has 0 bridgehead atoms. The fourth-order valence-corrected chi connectivity index (χ4v) is 2.94. The minimum Gasteiger partial charge on any atom is -0.491 e. The molecule has 6 heteroatoms. The van der Waals surface area contributed by atoms with Gasteiger partial charge in [-0.25, -0.2) is 4.79 Å². The number of carbonyl (C=O) groups is 1. The third kappa shape index (κ3) is 5.54. The average molecular weight is 348 g/mol. The molecule has 1 aromatic carbocycles. The number of nitrogens with one attached hydrogen (secondary N) is 2. The van der Waals surface area contributed by atoms with E-state index in [0.717, 1.165) is 16.2 Å². The van der Waals surface area contributed by atoms with Crippen molar-refractivity contribution in [1.82, 2.24) is 10.6 Å². The zero-order chi connectivity index (χ0) is 17.5. The summed E-state index contributed by atoms with van der Waals surface area (Å²) in [6, 6.07) is 10.9. The Morgan fingerprint density at radius 1 is 1.25 bits per heavy atom. The van der Waals surface area contributed by atoms with Gasteiger partial charge in [0.1, 0.15) is 11.9 Å². The largest absolute Gasteiger partial charge is 0.491 e. The highest BCUT2D eigenvalue weighted by Gasteiger charge is 2.13. The van der Waals surface area contributed by atoms with Crippen molar-refractivity contribution < 1.29 is 14.6 Å². The summed E-state index contributed by atoms with van der Waals surface area (Å²) in [6.45, 7) is 6.03. The fraction of sp³-hybridized carbons (Fsp3) is 0.389. The van der Waals surface area contributed by atoms with Crippen LogP contribution in [0.1, 0.15) is 43.4 Å². The molecule has 24 heavy (non-hydrogen) atoms. The average Bonchev–Trinajstić information content (AvgIpc) is 3.06. The normalized spacial score (nSPS) is 13.4. The van der Waals surface area contributed by atoms with E-state index in [1.165, 1.54) is 11.3 Å². The molecule has 2 aromatic rings. The van der Waals surface area contributed by atoms with Crippen LogP contribution in [-0.2, 0) is 0 Å². The van der Waals surface area contributed by atoms with E-state index < -0.39 is 6.10 Å². The Morgan fingerprint density at radius 3 is 2.71 bits per heavy atom. The molecule has 0 unspecified atom stereocenters. The van der Waals surface area contributed by atoms with Gasteiger partial charge < -0.3 is 20.5 Å². The first-order valence-electron chi connectivity index (χ1n) is 7.98. The first-order valence-corrected chi connectivity index (χ1v) is 8.86. The number of urea groups is 1. The van der Waals surface area contributed by atoms with Gasteiger partial charge in [-0.3, -0.25) is 0 Å². The number of ether oxygens (including phenoxy) is 1. The third-order valence-electron chi connectivity index (χ3n) is 3.41. The highest BCUT2D eigenvalue weighted by Crippen LogP contribution is 2.20. The summed E-state index contributed by atoms with van der Waals surface area (Å²) in [4.78, 5) is 12.8. The van der Waals surface area contributed by atoms with Crippen molar-refractivity contribution in [3.8, 4) is 5.75 Å². The smallest absolute Gasteiger partial charge is 0.315 e. The Balaban J connectivity index is 1.85. The first kappa shape index (κ1) is 18.3. The van der Waals surface area contributed by atoms with E-state index in [1.54, 1.807) is 0 Å². The Morgan fingerprint density at radius 2 is 2.04 bits per heavy atom. The van der Waals surface area contributed by atoms with Gasteiger partial charge in [0.05, 0.1) is 18.7 Å². The third-order valence-corrected chi connectivity index (χ3v) is 4.38. The summed E-state index contributed by atoms with van der Waals surface area (Å²) in [6.07, 6.45) is -0.584. The van der Waals surface area contributed by atoms with Crippen molar-refractivity contribution in [2.24, 2.45) is 0 Å². The number of hydrogen-bond donors (Lipinski definition) is 3. The summed E-state index contributed by atoms with van der Waals surface area (Å²) >= 11 is 1.46. The predicted molar refractivity (Wildman–Crippen MR) is 96.4 cm³/mol. The molecule has 0 saturated carbocycles. The van der Waals surface area contributed by atoms with E-state index in [1.807, 2.05) is 62.5 Å². The van der Waals surface area contributed by atoms with Crippen LogP contribution in [-0.4, -0.2) is 23.8 Å². The maximum absolute atomic E-state index is 12.0. The molecule has 0 spiro atoms. The van der Waals surface area contributed by atoms with Crippen LogP contribution in [0, 0.1) is 0 Å². The minimum absolute atomic E-state index is 0.102. The molecule has 0 aliphatic carbocycles. The van der Waals surface area contributed by atoms with Gasteiger partial charge in [0.25, 0.3) is 0 Å². The van der Waals surface area contributed by atoms with Gasteiger partial charge >= 0.3 is 6.03 Å². The van der Waals surface area contributed by atoms with E-state index >= 15 is 0 Å². The molecule has 2 rings (SSSR count). The van der Waals surface area contributed by atoms with Crippen molar-refractivity contribution in [1.29, 1.82) is 0 Å². The zero-order valence-corrected chi connectivity index (χ0v) is 15.0. The minimum atomic E-state index is -0.686. The van der Waals surface area contributed by atoms with Crippen LogP contribution >= 0.6 is 11.3 Å². The van der Waals surface area contributed by atoms with E-state index in [0.29, 0.717) is 0 Å². The van der Waals surface area contributed by atoms with Crippen LogP contribution in [0.5, 0.6) is 5.75 Å². The van der Waals surface area contributed by atoms with Gasteiger partial charge in [-0.05, 0) is 49.9 Å². The molecule has 2 amide bonds. The summed E-state index contributed by atoms with van der Waals surface area (Å²) in [7, 11) is 0. The molecule has 3 N–H and O–H groups in total. The van der Waals surface area contributed by atoms with Gasteiger partial charge in [0.15, 0.2) is 0 Å². The lowest BCUT2D eigenvalue weighted by Gasteiger charge is -2.18. The Labute approximate surface area is 146 Å². The van der Waals surface area contributed by atoms with Crippen LogP contribution < -0.4 is 15.4 Å². The molecule has 1 aromatic heterocycles. The number of thiophene rings is 1. The van der Waals surface area contributed by atoms with Crippen molar-refractivity contribution in [2.45, 2.75) is 39.0 Å². The molecule has 1 heterocycles. The number of rotatable bonds is 7. The number of aliphatic hydroxyl groups excluding tert-OH is 1. The van der Waals surface area contributed by atoms with E-state index in [4.69, 9.17) is 4.74 Å². The van der Waals surface area contributed by atoms with Crippen LogP contribution in [0.15, 0.2) is 41.8 Å². The number of hydrogen-bond acceptors (Lipinski definition) is 4. The quantitative estimate of drug-likeness (QED) is 0.715. The van der Waals surface area contributed by atoms with Crippen molar-refractivity contribution in [2.75, 3.05) is 6.54 Å². The number of amides is 2. The summed E-state index contributed by atoms with van der Waals surface area (Å²) in [5.41, 5.74) is 0.960. The molecule has 2 atom stereocenters. The Kier molecular flexibility index (Phi) is 6.63. The van der Waals surface area contributed by atoms with Crippen molar-refractivity contribution in [3.05, 3.63) is 52.2 Å². The lowest BCUT2D eigenvalue weighted by molar-refractivity contribution is 0.176. The fourth-order valence-electron chi connectivity index (χ4n) is 2.23. The van der Waals surface area contributed by atoms with Gasteiger partial charge in [0.2, 0.25) is 0 Å². The van der Waals surface area contributed by atoms with Crippen LogP contribution in [0.4, 0.5) is 4.79 Å². The first-order chi connectivity index (χ1) is 11.5. The van der Waals surface area contributed by atoms with Crippen molar-refractivity contribution >= 4 is 17.4 Å². The van der Waals surface area contributed by atoms with E-state index in [-0.39, 0.29) is 24.7 Å². The second kappa shape index (κ2) is 8.70. The van der Waals surface area contributed by atoms with Crippen LogP contribution in [0.3, 0.4) is 0 Å². The van der Waals surface area contributed by atoms with E-state index in [2.05, 4.69) is 10.6 Å². The molecule has 0 fully saturated rings. The molecule has 0 radical (unpaired) electrons. The molecule has 5 nitrogen and oxygen atoms in total. The standard InChI is InChI=1S/C18H24N2O3S/c1-12(2)23-15-7-4-6-14(10-15)13(3)20-18(22)19-11-16(21)17-8-5-9-24-17/h4-10,12-13,16,21H,11H2,1-3H3,(H2,19,20,22)/t13-,16-/m0/s1. The zero-order valence-electron chi connectivity index (χ0n) is 14.2. The Bertz CT molecular complexity index is 643. The molecular weight excluding hydrogens is 324 g/mol. The van der Waals surface area contributed by atoms with Crippen LogP contribution in [0.2, 0.25) is 0 Å². The monoisotopic (exact) mass is 348 g/mol. The predicted octanol–water partition coefficient (Wildman–Crippen LogP) is 3.63. The van der Waals surface area contributed by atoms with Gasteiger partial charge in [-0.2, -0.15) is 0 Å². The maximum atomic E-state index is 12.0. The van der Waals surface area contributed by atoms with E-state index in [9.17, 15) is 9.90 Å². The highest BCUT2D eigenvalue weighted by molar-refractivity contribution is 7.10.